The Labute approximate surface area is 126 Å². The number of aliphatic hydroxyl groups is 1. The topological polar surface area (TPSA) is 93.6 Å². The van der Waals surface area contributed by atoms with Gasteiger partial charge in [0.1, 0.15) is 11.7 Å². The fourth-order valence-corrected chi connectivity index (χ4v) is 4.34. The maximum Gasteiger partial charge on any atom is 0.330 e. The second kappa shape index (κ2) is 4.53. The van der Waals surface area contributed by atoms with E-state index < -0.39 is 29.2 Å². The van der Waals surface area contributed by atoms with Crippen LogP contribution in [0, 0.1) is 12.8 Å². The molecule has 3 heterocycles. The van der Waals surface area contributed by atoms with Crippen molar-refractivity contribution in [3.05, 3.63) is 32.6 Å². The van der Waals surface area contributed by atoms with Crippen LogP contribution in [0.5, 0.6) is 0 Å². The number of fused-ring (bicyclic) bond motifs is 1. The highest BCUT2D eigenvalue weighted by atomic mass is 16.6. The molecule has 0 amide bonds. The standard InChI is InChI=1S/C15H20N2O5/c1-7-6-17(14(20)16-12(7)19)13-11-8(2)15(22-13)9(18)4-3-5-10(15)21-11/h6,8-11,13,18H,3-5H2,1-2H3,(H,16,19,20)/t8-,9-,10-,11+,13-,15?/m1/s1. The van der Waals surface area contributed by atoms with E-state index in [-0.39, 0.29) is 18.1 Å². The van der Waals surface area contributed by atoms with E-state index in [4.69, 9.17) is 9.47 Å². The Hall–Kier alpha value is -1.44. The van der Waals surface area contributed by atoms with Gasteiger partial charge in [-0.15, -0.1) is 0 Å². The smallest absolute Gasteiger partial charge is 0.330 e. The van der Waals surface area contributed by atoms with Gasteiger partial charge in [0, 0.05) is 17.7 Å². The monoisotopic (exact) mass is 308 g/mol. The molecule has 2 saturated heterocycles. The Bertz CT molecular complexity index is 725. The van der Waals surface area contributed by atoms with Crippen LogP contribution >= 0.6 is 0 Å². The first-order valence-electron chi connectivity index (χ1n) is 7.78. The first-order valence-corrected chi connectivity index (χ1v) is 7.78. The molecule has 1 aromatic heterocycles. The SMILES string of the molecule is Cc1cn([C@@H]2OC34[C@H](O)CCC[C@H]3O[C@H]2[C@H]4C)c(=O)[nH]c1=O. The van der Waals surface area contributed by atoms with E-state index in [1.54, 1.807) is 6.92 Å². The molecular weight excluding hydrogens is 288 g/mol. The van der Waals surface area contributed by atoms with E-state index in [0.717, 1.165) is 12.8 Å². The lowest BCUT2D eigenvalue weighted by atomic mass is 9.74. The number of H-pyrrole nitrogens is 1. The number of rotatable bonds is 1. The van der Waals surface area contributed by atoms with Crippen molar-refractivity contribution < 1.29 is 14.6 Å². The van der Waals surface area contributed by atoms with Gasteiger partial charge in [-0.1, -0.05) is 6.92 Å². The quantitative estimate of drug-likeness (QED) is 0.765. The summed E-state index contributed by atoms with van der Waals surface area (Å²) < 4.78 is 13.7. The van der Waals surface area contributed by atoms with Crippen molar-refractivity contribution >= 4 is 0 Å². The second-order valence-corrected chi connectivity index (χ2v) is 6.67. The minimum absolute atomic E-state index is 0.00284. The highest BCUT2D eigenvalue weighted by molar-refractivity contribution is 5.15. The van der Waals surface area contributed by atoms with E-state index in [1.807, 2.05) is 6.92 Å². The minimum atomic E-state index is -0.739. The normalized spacial score (nSPS) is 43.3. The zero-order valence-electron chi connectivity index (χ0n) is 12.6. The van der Waals surface area contributed by atoms with E-state index in [2.05, 4.69) is 4.98 Å². The number of aliphatic hydroxyl groups excluding tert-OH is 1. The first kappa shape index (κ1) is 14.2. The third-order valence-corrected chi connectivity index (χ3v) is 5.52. The van der Waals surface area contributed by atoms with Crippen LogP contribution in [-0.4, -0.2) is 38.6 Å². The number of aromatic amines is 1. The number of hydrogen-bond donors (Lipinski definition) is 2. The molecule has 7 heteroatoms. The van der Waals surface area contributed by atoms with Crippen LogP contribution in [0.25, 0.3) is 0 Å². The average molecular weight is 308 g/mol. The van der Waals surface area contributed by atoms with Crippen molar-refractivity contribution in [3.63, 3.8) is 0 Å². The van der Waals surface area contributed by atoms with Gasteiger partial charge in [-0.25, -0.2) is 4.79 Å². The van der Waals surface area contributed by atoms with Gasteiger partial charge in [0.05, 0.1) is 12.2 Å². The van der Waals surface area contributed by atoms with Crippen LogP contribution in [0.4, 0.5) is 0 Å². The number of hydrogen-bond acceptors (Lipinski definition) is 5. The molecule has 4 rings (SSSR count). The number of aryl methyl sites for hydroxylation is 1. The van der Waals surface area contributed by atoms with Gasteiger partial charge in [0.15, 0.2) is 6.23 Å². The summed E-state index contributed by atoms with van der Waals surface area (Å²) in [4.78, 5) is 25.9. The van der Waals surface area contributed by atoms with Gasteiger partial charge in [0.2, 0.25) is 0 Å². The van der Waals surface area contributed by atoms with E-state index >= 15 is 0 Å². The molecule has 2 bridgehead atoms. The van der Waals surface area contributed by atoms with Gasteiger partial charge in [-0.3, -0.25) is 14.3 Å². The molecule has 120 valence electrons. The highest BCUT2D eigenvalue weighted by Crippen LogP contribution is 2.57. The van der Waals surface area contributed by atoms with Crippen molar-refractivity contribution in [3.8, 4) is 0 Å². The molecule has 7 nitrogen and oxygen atoms in total. The Morgan fingerprint density at radius 3 is 2.95 bits per heavy atom. The average Bonchev–Trinajstić information content (AvgIpc) is 2.92. The summed E-state index contributed by atoms with van der Waals surface area (Å²) in [6.45, 7) is 3.64. The summed E-state index contributed by atoms with van der Waals surface area (Å²) in [6, 6.07) is 0. The lowest BCUT2D eigenvalue weighted by Crippen LogP contribution is -2.57. The fourth-order valence-electron chi connectivity index (χ4n) is 4.34. The highest BCUT2D eigenvalue weighted by Gasteiger charge is 2.68. The molecule has 22 heavy (non-hydrogen) atoms. The lowest BCUT2D eigenvalue weighted by Gasteiger charge is -2.44. The molecule has 0 radical (unpaired) electrons. The van der Waals surface area contributed by atoms with E-state index in [9.17, 15) is 14.7 Å². The Balaban J connectivity index is 1.77. The van der Waals surface area contributed by atoms with Gasteiger partial charge < -0.3 is 14.6 Å². The third kappa shape index (κ3) is 1.61. The van der Waals surface area contributed by atoms with Crippen molar-refractivity contribution in [2.75, 3.05) is 0 Å². The Kier molecular flexibility index (Phi) is 2.92. The summed E-state index contributed by atoms with van der Waals surface area (Å²) in [7, 11) is 0. The van der Waals surface area contributed by atoms with Crippen molar-refractivity contribution in [1.82, 2.24) is 9.55 Å². The molecule has 6 atom stereocenters. The largest absolute Gasteiger partial charge is 0.390 e. The van der Waals surface area contributed by atoms with Crippen molar-refractivity contribution in [1.29, 1.82) is 0 Å². The molecule has 1 spiro atoms. The summed E-state index contributed by atoms with van der Waals surface area (Å²) in [5.74, 6) is -0.00284. The number of nitrogens with zero attached hydrogens (tertiary/aromatic N) is 1. The van der Waals surface area contributed by atoms with Crippen LogP contribution in [0.1, 0.15) is 38.0 Å². The number of ether oxygens (including phenoxy) is 2. The zero-order valence-corrected chi connectivity index (χ0v) is 12.6. The molecule has 1 saturated carbocycles. The van der Waals surface area contributed by atoms with Crippen molar-refractivity contribution in [2.45, 2.75) is 63.3 Å². The fraction of sp³-hybridized carbons (Fsp3) is 0.733. The second-order valence-electron chi connectivity index (χ2n) is 6.67. The Morgan fingerprint density at radius 2 is 2.18 bits per heavy atom. The van der Waals surface area contributed by atoms with E-state index in [0.29, 0.717) is 12.0 Å². The summed E-state index contributed by atoms with van der Waals surface area (Å²) in [5.41, 5.74) is -1.21. The molecule has 1 aliphatic carbocycles. The molecule has 2 N–H and O–H groups in total. The van der Waals surface area contributed by atoms with Crippen LogP contribution in [0.3, 0.4) is 0 Å². The van der Waals surface area contributed by atoms with Gasteiger partial charge >= 0.3 is 5.69 Å². The third-order valence-electron chi connectivity index (χ3n) is 5.52. The predicted octanol–water partition coefficient (Wildman–Crippen LogP) is 0.0609. The molecular formula is C15H20N2O5. The van der Waals surface area contributed by atoms with Crippen molar-refractivity contribution in [2.24, 2.45) is 5.92 Å². The van der Waals surface area contributed by atoms with Gasteiger partial charge in [0.25, 0.3) is 5.56 Å². The predicted molar refractivity (Wildman–Crippen MR) is 76.6 cm³/mol. The molecule has 1 aromatic rings. The first-order chi connectivity index (χ1) is 10.4. The van der Waals surface area contributed by atoms with Gasteiger partial charge in [-0.2, -0.15) is 0 Å². The van der Waals surface area contributed by atoms with Crippen LogP contribution in [0.15, 0.2) is 15.8 Å². The number of nitrogens with one attached hydrogen (secondary N) is 1. The van der Waals surface area contributed by atoms with Crippen LogP contribution < -0.4 is 11.2 Å². The Morgan fingerprint density at radius 1 is 1.41 bits per heavy atom. The van der Waals surface area contributed by atoms with Crippen LogP contribution in [-0.2, 0) is 9.47 Å². The maximum atomic E-state index is 12.1. The molecule has 3 fully saturated rings. The zero-order chi connectivity index (χ0) is 15.6. The lowest BCUT2D eigenvalue weighted by molar-refractivity contribution is -0.253. The molecule has 3 aliphatic rings. The molecule has 0 aromatic carbocycles. The van der Waals surface area contributed by atoms with Gasteiger partial charge in [-0.05, 0) is 26.2 Å². The molecule has 2 aliphatic heterocycles. The van der Waals surface area contributed by atoms with Crippen LogP contribution in [0.2, 0.25) is 0 Å². The van der Waals surface area contributed by atoms with E-state index in [1.165, 1.54) is 10.8 Å². The summed E-state index contributed by atoms with van der Waals surface area (Å²) in [5, 5.41) is 10.5. The maximum absolute atomic E-state index is 12.1. The summed E-state index contributed by atoms with van der Waals surface area (Å²) in [6.07, 6.45) is 2.36. The minimum Gasteiger partial charge on any atom is -0.390 e. The summed E-state index contributed by atoms with van der Waals surface area (Å²) >= 11 is 0. The number of aromatic nitrogens is 2. The molecule has 1 unspecified atom stereocenters.